The van der Waals surface area contributed by atoms with Gasteiger partial charge in [0.15, 0.2) is 0 Å². The maximum Gasteiger partial charge on any atom is 0.128 e. The summed E-state index contributed by atoms with van der Waals surface area (Å²) in [5.41, 5.74) is 1.65. The molecule has 13 heavy (non-hydrogen) atoms. The largest absolute Gasteiger partial charge is 0.507 e. The predicted octanol–water partition coefficient (Wildman–Crippen LogP) is 2.50. The van der Waals surface area contributed by atoms with Crippen molar-refractivity contribution in [3.8, 4) is 5.75 Å². The number of phenols is 1. The fraction of sp³-hybridized carbons (Fsp3) is 0.273. The molecule has 1 aromatic carbocycles. The number of ether oxygens (including phenoxy) is 1. The smallest absolute Gasteiger partial charge is 0.128 e. The lowest BCUT2D eigenvalue weighted by atomic mass is 9.99. The maximum absolute atomic E-state index is 9.77. The van der Waals surface area contributed by atoms with Crippen LogP contribution < -0.4 is 0 Å². The Morgan fingerprint density at radius 3 is 2.85 bits per heavy atom. The highest BCUT2D eigenvalue weighted by Gasteiger charge is 2.23. The van der Waals surface area contributed by atoms with Gasteiger partial charge < -0.3 is 9.84 Å². The summed E-state index contributed by atoms with van der Waals surface area (Å²) < 4.78 is 5.30. The lowest BCUT2D eigenvalue weighted by Gasteiger charge is -2.27. The molecule has 0 saturated carbocycles. The van der Waals surface area contributed by atoms with Crippen molar-refractivity contribution in [3.63, 3.8) is 0 Å². The van der Waals surface area contributed by atoms with Crippen molar-refractivity contribution in [1.82, 2.24) is 0 Å². The molecule has 1 aliphatic rings. The van der Waals surface area contributed by atoms with E-state index in [4.69, 9.17) is 4.74 Å². The fourth-order valence-corrected chi connectivity index (χ4v) is 1.49. The first-order valence-corrected chi connectivity index (χ1v) is 4.39. The van der Waals surface area contributed by atoms with E-state index in [9.17, 15) is 5.11 Å². The van der Waals surface area contributed by atoms with E-state index in [-0.39, 0.29) is 6.10 Å². The van der Waals surface area contributed by atoms with Crippen molar-refractivity contribution in [2.24, 2.45) is 0 Å². The Morgan fingerprint density at radius 1 is 1.54 bits per heavy atom. The summed E-state index contributed by atoms with van der Waals surface area (Å²) in [5, 5.41) is 9.77. The molecule has 2 rings (SSSR count). The molecule has 0 aromatic heterocycles. The van der Waals surface area contributed by atoms with Crippen LogP contribution in [0.15, 0.2) is 24.8 Å². The first-order chi connectivity index (χ1) is 6.33. The second-order valence-electron chi connectivity index (χ2n) is 3.14. The van der Waals surface area contributed by atoms with Gasteiger partial charge in [-0.1, -0.05) is 30.9 Å². The minimum Gasteiger partial charge on any atom is -0.507 e. The zero-order chi connectivity index (χ0) is 9.26. The van der Waals surface area contributed by atoms with Gasteiger partial charge in [0, 0.05) is 17.5 Å². The third-order valence-corrected chi connectivity index (χ3v) is 2.36. The van der Waals surface area contributed by atoms with Crippen LogP contribution in [0.3, 0.4) is 0 Å². The molecule has 68 valence electrons. The number of phenolic OH excluding ortho intramolecular Hbond substituents is 1. The SMILES string of the molecule is C=Cc1cccc(C2CCO2)c1O. The molecular weight excluding hydrogens is 164 g/mol. The molecule has 0 bridgehead atoms. The van der Waals surface area contributed by atoms with Crippen LogP contribution in [0.1, 0.15) is 23.7 Å². The van der Waals surface area contributed by atoms with Crippen LogP contribution in [-0.2, 0) is 4.74 Å². The zero-order valence-electron chi connectivity index (χ0n) is 7.36. The van der Waals surface area contributed by atoms with Crippen LogP contribution >= 0.6 is 0 Å². The highest BCUT2D eigenvalue weighted by atomic mass is 16.5. The van der Waals surface area contributed by atoms with Crippen molar-refractivity contribution < 1.29 is 9.84 Å². The molecule has 1 fully saturated rings. The molecule has 1 saturated heterocycles. The molecule has 0 aliphatic carbocycles. The zero-order valence-corrected chi connectivity index (χ0v) is 7.36. The van der Waals surface area contributed by atoms with Crippen molar-refractivity contribution >= 4 is 6.08 Å². The third-order valence-electron chi connectivity index (χ3n) is 2.36. The maximum atomic E-state index is 9.77. The topological polar surface area (TPSA) is 29.5 Å². The second kappa shape index (κ2) is 3.23. The first-order valence-electron chi connectivity index (χ1n) is 4.39. The monoisotopic (exact) mass is 176 g/mol. The normalized spacial score (nSPS) is 20.8. The fourth-order valence-electron chi connectivity index (χ4n) is 1.49. The molecule has 0 spiro atoms. The Bertz CT molecular complexity index is 327. The Labute approximate surface area is 77.5 Å². The Kier molecular flexibility index (Phi) is 2.07. The van der Waals surface area contributed by atoms with Crippen LogP contribution in [-0.4, -0.2) is 11.7 Å². The summed E-state index contributed by atoms with van der Waals surface area (Å²) in [4.78, 5) is 0. The number of benzene rings is 1. The number of hydrogen-bond donors (Lipinski definition) is 1. The van der Waals surface area contributed by atoms with Gasteiger partial charge in [0.1, 0.15) is 5.75 Å². The number of para-hydroxylation sites is 1. The summed E-state index contributed by atoms with van der Waals surface area (Å²) in [6, 6.07) is 5.64. The molecule has 1 unspecified atom stereocenters. The van der Waals surface area contributed by atoms with Crippen LogP contribution in [0.4, 0.5) is 0 Å². The van der Waals surface area contributed by atoms with E-state index in [0.717, 1.165) is 24.2 Å². The van der Waals surface area contributed by atoms with Crippen molar-refractivity contribution in [2.75, 3.05) is 6.61 Å². The Balaban J connectivity index is 2.39. The van der Waals surface area contributed by atoms with Crippen LogP contribution in [0.5, 0.6) is 5.75 Å². The van der Waals surface area contributed by atoms with Crippen LogP contribution in [0.2, 0.25) is 0 Å². The van der Waals surface area contributed by atoms with Crippen molar-refractivity contribution in [3.05, 3.63) is 35.9 Å². The summed E-state index contributed by atoms with van der Waals surface area (Å²) in [6.07, 6.45) is 2.73. The number of hydrogen-bond acceptors (Lipinski definition) is 2. The summed E-state index contributed by atoms with van der Waals surface area (Å²) >= 11 is 0. The van der Waals surface area contributed by atoms with E-state index >= 15 is 0 Å². The van der Waals surface area contributed by atoms with E-state index in [2.05, 4.69) is 6.58 Å². The Morgan fingerprint density at radius 2 is 2.31 bits per heavy atom. The molecule has 2 nitrogen and oxygen atoms in total. The highest BCUT2D eigenvalue weighted by Crippen LogP contribution is 2.36. The highest BCUT2D eigenvalue weighted by molar-refractivity contribution is 5.58. The summed E-state index contributed by atoms with van der Waals surface area (Å²) in [7, 11) is 0. The van der Waals surface area contributed by atoms with Gasteiger partial charge in [0.05, 0.1) is 12.7 Å². The molecule has 1 heterocycles. The lowest BCUT2D eigenvalue weighted by molar-refractivity contribution is -0.0537. The van der Waals surface area contributed by atoms with Gasteiger partial charge in [-0.25, -0.2) is 0 Å². The third kappa shape index (κ3) is 1.33. The van der Waals surface area contributed by atoms with Gasteiger partial charge in [-0.05, 0) is 0 Å². The van der Waals surface area contributed by atoms with Crippen molar-refractivity contribution in [1.29, 1.82) is 0 Å². The van der Waals surface area contributed by atoms with Gasteiger partial charge >= 0.3 is 0 Å². The average Bonchev–Trinajstić information content (AvgIpc) is 2.05. The predicted molar refractivity (Wildman–Crippen MR) is 51.5 cm³/mol. The molecule has 0 radical (unpaired) electrons. The molecule has 0 amide bonds. The van der Waals surface area contributed by atoms with Gasteiger partial charge in [-0.2, -0.15) is 0 Å². The lowest BCUT2D eigenvalue weighted by Crippen LogP contribution is -2.18. The number of aromatic hydroxyl groups is 1. The van der Waals surface area contributed by atoms with E-state index in [0.29, 0.717) is 5.75 Å². The molecule has 1 aliphatic heterocycles. The van der Waals surface area contributed by atoms with Crippen LogP contribution in [0, 0.1) is 0 Å². The Hall–Kier alpha value is -1.28. The van der Waals surface area contributed by atoms with Gasteiger partial charge in [-0.15, -0.1) is 0 Å². The standard InChI is InChI=1S/C11H12O2/c1-2-8-4-3-5-9(11(8)12)10-6-7-13-10/h2-5,10,12H,1,6-7H2. The average molecular weight is 176 g/mol. The minimum atomic E-state index is 0.0832. The van der Waals surface area contributed by atoms with Gasteiger partial charge in [-0.3, -0.25) is 0 Å². The molecule has 2 heteroatoms. The van der Waals surface area contributed by atoms with E-state index in [1.807, 2.05) is 18.2 Å². The second-order valence-corrected chi connectivity index (χ2v) is 3.14. The van der Waals surface area contributed by atoms with Gasteiger partial charge in [0.25, 0.3) is 0 Å². The van der Waals surface area contributed by atoms with E-state index in [1.165, 1.54) is 0 Å². The molecule has 1 atom stereocenters. The molecule has 1 N–H and O–H groups in total. The summed E-state index contributed by atoms with van der Waals surface area (Å²) in [5.74, 6) is 0.308. The van der Waals surface area contributed by atoms with Crippen molar-refractivity contribution in [2.45, 2.75) is 12.5 Å². The molecule has 1 aromatic rings. The first kappa shape index (κ1) is 8.32. The van der Waals surface area contributed by atoms with E-state index in [1.54, 1.807) is 6.08 Å². The van der Waals surface area contributed by atoms with Crippen LogP contribution in [0.25, 0.3) is 6.08 Å². The minimum absolute atomic E-state index is 0.0832. The summed E-state index contributed by atoms with van der Waals surface area (Å²) in [6.45, 7) is 4.43. The molecular formula is C11H12O2. The number of rotatable bonds is 2. The quantitative estimate of drug-likeness (QED) is 0.750. The van der Waals surface area contributed by atoms with Gasteiger partial charge in [0.2, 0.25) is 0 Å². The van der Waals surface area contributed by atoms with E-state index < -0.39 is 0 Å².